The van der Waals surface area contributed by atoms with Gasteiger partial charge in [0.05, 0.1) is 9.72 Å². The molecule has 134 valence electrons. The summed E-state index contributed by atoms with van der Waals surface area (Å²) in [7, 11) is 0. The maximum atomic E-state index is 12.6. The normalized spacial score (nSPS) is 10.7. The van der Waals surface area contributed by atoms with E-state index in [4.69, 9.17) is 17.4 Å². The summed E-state index contributed by atoms with van der Waals surface area (Å²) in [5.41, 5.74) is 6.51. The summed E-state index contributed by atoms with van der Waals surface area (Å²) in [6.07, 6.45) is 0. The predicted molar refractivity (Wildman–Crippen MR) is 112 cm³/mol. The van der Waals surface area contributed by atoms with Gasteiger partial charge >= 0.3 is 0 Å². The number of halogens is 1. The third kappa shape index (κ3) is 3.64. The Bertz CT molecular complexity index is 1110. The summed E-state index contributed by atoms with van der Waals surface area (Å²) in [6.45, 7) is 0. The number of amides is 1. The number of fused-ring (bicyclic) bond motifs is 1. The van der Waals surface area contributed by atoms with E-state index in [9.17, 15) is 4.79 Å². The van der Waals surface area contributed by atoms with E-state index >= 15 is 0 Å². The number of nitrogen functional groups attached to an aromatic ring is 1. The van der Waals surface area contributed by atoms with Crippen LogP contribution in [-0.2, 0) is 0 Å². The summed E-state index contributed by atoms with van der Waals surface area (Å²) in [5.74, 6) is 5.20. The second-order valence-electron chi connectivity index (χ2n) is 5.87. The number of anilines is 2. The number of carbonyl (C=O) groups is 1. The Hall–Kier alpha value is -2.93. The lowest BCUT2D eigenvalue weighted by Gasteiger charge is -2.07. The smallest absolute Gasteiger partial charge is 0.255 e. The van der Waals surface area contributed by atoms with Crippen molar-refractivity contribution >= 4 is 49.9 Å². The first-order chi connectivity index (χ1) is 13.1. The van der Waals surface area contributed by atoms with Gasteiger partial charge in [0, 0.05) is 11.3 Å². The van der Waals surface area contributed by atoms with Gasteiger partial charge in [0.15, 0.2) is 5.13 Å². The molecule has 0 radical (unpaired) electrons. The second-order valence-corrected chi connectivity index (χ2v) is 7.30. The summed E-state index contributed by atoms with van der Waals surface area (Å²) in [5, 5.41) is 3.90. The minimum absolute atomic E-state index is 0.202. The lowest BCUT2D eigenvalue weighted by molar-refractivity contribution is 0.102. The van der Waals surface area contributed by atoms with E-state index < -0.39 is 0 Å². The molecule has 0 unspecified atom stereocenters. The average Bonchev–Trinajstić information content (AvgIpc) is 3.13. The summed E-state index contributed by atoms with van der Waals surface area (Å²) < 4.78 is 0.838. The van der Waals surface area contributed by atoms with Crippen LogP contribution in [0.1, 0.15) is 10.4 Å². The average molecular weight is 395 g/mol. The highest BCUT2D eigenvalue weighted by molar-refractivity contribution is 7.22. The predicted octanol–water partition coefficient (Wildman–Crippen LogP) is 5.15. The van der Waals surface area contributed by atoms with Crippen LogP contribution in [0.4, 0.5) is 10.8 Å². The van der Waals surface area contributed by atoms with Crippen molar-refractivity contribution in [1.82, 2.24) is 4.98 Å². The summed E-state index contributed by atoms with van der Waals surface area (Å²) >= 11 is 7.64. The van der Waals surface area contributed by atoms with Gasteiger partial charge in [-0.25, -0.2) is 10.8 Å². The molecule has 0 fully saturated rings. The van der Waals surface area contributed by atoms with Crippen LogP contribution in [0.3, 0.4) is 0 Å². The first-order valence-electron chi connectivity index (χ1n) is 8.17. The van der Waals surface area contributed by atoms with Gasteiger partial charge in [-0.2, -0.15) is 0 Å². The second kappa shape index (κ2) is 7.36. The molecule has 4 aromatic rings. The molecule has 4 N–H and O–H groups in total. The molecule has 0 atom stereocenters. The van der Waals surface area contributed by atoms with E-state index in [2.05, 4.69) is 15.7 Å². The van der Waals surface area contributed by atoms with Crippen molar-refractivity contribution in [2.75, 3.05) is 10.7 Å². The highest BCUT2D eigenvalue weighted by atomic mass is 35.5. The Morgan fingerprint density at radius 1 is 1.00 bits per heavy atom. The minimum Gasteiger partial charge on any atom is -0.322 e. The van der Waals surface area contributed by atoms with Gasteiger partial charge in [0.1, 0.15) is 5.52 Å². The zero-order valence-electron chi connectivity index (χ0n) is 14.1. The van der Waals surface area contributed by atoms with Crippen LogP contribution in [0.25, 0.3) is 21.3 Å². The minimum atomic E-state index is -0.202. The molecule has 1 aromatic heterocycles. The van der Waals surface area contributed by atoms with Crippen LogP contribution in [0.2, 0.25) is 5.02 Å². The van der Waals surface area contributed by atoms with E-state index in [1.165, 1.54) is 11.3 Å². The Morgan fingerprint density at radius 2 is 1.70 bits per heavy atom. The largest absolute Gasteiger partial charge is 0.322 e. The van der Waals surface area contributed by atoms with Crippen molar-refractivity contribution in [3.63, 3.8) is 0 Å². The number of nitrogens with zero attached hydrogens (tertiary/aromatic N) is 1. The van der Waals surface area contributed by atoms with Gasteiger partial charge < -0.3 is 5.32 Å². The summed E-state index contributed by atoms with van der Waals surface area (Å²) in [4.78, 5) is 16.9. The van der Waals surface area contributed by atoms with Crippen LogP contribution >= 0.6 is 22.9 Å². The zero-order valence-corrected chi connectivity index (χ0v) is 15.6. The Kier molecular flexibility index (Phi) is 4.77. The molecule has 0 aliphatic carbocycles. The molecule has 27 heavy (non-hydrogen) atoms. The van der Waals surface area contributed by atoms with Gasteiger partial charge in [-0.05, 0) is 35.4 Å². The van der Waals surface area contributed by atoms with Crippen molar-refractivity contribution < 1.29 is 4.79 Å². The van der Waals surface area contributed by atoms with Crippen LogP contribution in [0.5, 0.6) is 0 Å². The number of nitrogens with one attached hydrogen (secondary N) is 2. The molecule has 0 saturated carbocycles. The molecule has 0 aliphatic heterocycles. The van der Waals surface area contributed by atoms with E-state index in [0.717, 1.165) is 15.8 Å². The quantitative estimate of drug-likeness (QED) is 0.330. The Labute approximate surface area is 164 Å². The molecule has 3 aromatic carbocycles. The van der Waals surface area contributed by atoms with Gasteiger partial charge in [-0.1, -0.05) is 65.4 Å². The molecular formula is C20H15ClN4OS. The molecular weight excluding hydrogens is 380 g/mol. The van der Waals surface area contributed by atoms with Crippen LogP contribution < -0.4 is 16.6 Å². The van der Waals surface area contributed by atoms with Crippen LogP contribution in [0.15, 0.2) is 66.7 Å². The van der Waals surface area contributed by atoms with E-state index in [1.54, 1.807) is 18.2 Å². The van der Waals surface area contributed by atoms with Crippen molar-refractivity contribution in [3.05, 3.63) is 77.3 Å². The van der Waals surface area contributed by atoms with Crippen molar-refractivity contribution in [1.29, 1.82) is 0 Å². The first kappa shape index (κ1) is 17.5. The molecule has 7 heteroatoms. The number of hydrogen-bond donors (Lipinski definition) is 3. The van der Waals surface area contributed by atoms with Crippen LogP contribution in [0, 0.1) is 0 Å². The zero-order chi connectivity index (χ0) is 18.8. The number of nitrogens with two attached hydrogens (primary N) is 1. The number of benzene rings is 3. The number of aromatic nitrogens is 1. The fraction of sp³-hybridized carbons (Fsp3) is 0. The van der Waals surface area contributed by atoms with E-state index in [0.29, 0.717) is 26.9 Å². The summed E-state index contributed by atoms with van der Waals surface area (Å²) in [6, 6.07) is 21.0. The topological polar surface area (TPSA) is 80.0 Å². The molecule has 0 bridgehead atoms. The number of thiazole rings is 1. The maximum Gasteiger partial charge on any atom is 0.255 e. The molecule has 5 nitrogen and oxygen atoms in total. The van der Waals surface area contributed by atoms with Crippen molar-refractivity contribution in [2.24, 2.45) is 5.84 Å². The molecule has 4 rings (SSSR count). The van der Waals surface area contributed by atoms with Crippen molar-refractivity contribution in [3.8, 4) is 11.1 Å². The number of carbonyl (C=O) groups excluding carboxylic acids is 1. The molecule has 0 spiro atoms. The highest BCUT2D eigenvalue weighted by Gasteiger charge is 2.12. The lowest BCUT2D eigenvalue weighted by atomic mass is 10.0. The number of hydrogen-bond acceptors (Lipinski definition) is 5. The van der Waals surface area contributed by atoms with Gasteiger partial charge in [-0.15, -0.1) is 0 Å². The fourth-order valence-corrected chi connectivity index (χ4v) is 3.93. The SMILES string of the molecule is NNc1nc2c(Cl)cc(NC(=O)c3ccc(-c4ccccc4)cc3)cc2s1. The molecule has 1 amide bonds. The monoisotopic (exact) mass is 394 g/mol. The van der Waals surface area contributed by atoms with Gasteiger partial charge in [-0.3, -0.25) is 10.2 Å². The van der Waals surface area contributed by atoms with Crippen LogP contribution in [-0.4, -0.2) is 10.9 Å². The standard InChI is InChI=1S/C20H15ClN4OS/c21-16-10-15(11-17-18(16)24-20(25-22)27-17)23-19(26)14-8-6-13(7-9-14)12-4-2-1-3-5-12/h1-11H,22H2,(H,23,26)(H,24,25). The third-order valence-corrected chi connectivity index (χ3v) is 5.31. The third-order valence-electron chi connectivity index (χ3n) is 4.08. The highest BCUT2D eigenvalue weighted by Crippen LogP contribution is 2.33. The fourth-order valence-electron chi connectivity index (χ4n) is 2.77. The number of hydrazine groups is 1. The van der Waals surface area contributed by atoms with Gasteiger partial charge in [0.2, 0.25) is 0 Å². The van der Waals surface area contributed by atoms with E-state index in [-0.39, 0.29) is 5.91 Å². The number of rotatable bonds is 4. The maximum absolute atomic E-state index is 12.6. The van der Waals surface area contributed by atoms with E-state index in [1.807, 2.05) is 48.5 Å². The molecule has 1 heterocycles. The lowest BCUT2D eigenvalue weighted by Crippen LogP contribution is -2.11. The van der Waals surface area contributed by atoms with Gasteiger partial charge in [0.25, 0.3) is 5.91 Å². The molecule has 0 aliphatic rings. The molecule has 0 saturated heterocycles. The Balaban J connectivity index is 1.56. The Morgan fingerprint density at radius 3 is 2.41 bits per heavy atom. The van der Waals surface area contributed by atoms with Crippen molar-refractivity contribution in [2.45, 2.75) is 0 Å². The first-order valence-corrected chi connectivity index (χ1v) is 9.37.